The third-order valence-corrected chi connectivity index (χ3v) is 4.03. The minimum absolute atomic E-state index is 0.405. The molecule has 0 amide bonds. The third kappa shape index (κ3) is 3.81. The number of alkyl halides is 1. The minimum Gasteiger partial charge on any atom is -0.383 e. The molecule has 100 valence electrons. The van der Waals surface area contributed by atoms with Gasteiger partial charge in [-0.25, -0.2) is 0 Å². The summed E-state index contributed by atoms with van der Waals surface area (Å²) in [6.07, 6.45) is 3.85. The molecule has 0 saturated heterocycles. The summed E-state index contributed by atoms with van der Waals surface area (Å²) in [5, 5.41) is 0. The maximum atomic E-state index is 5.14. The van der Waals surface area contributed by atoms with Crippen LogP contribution in [0.15, 0.2) is 18.2 Å². The first-order valence-corrected chi connectivity index (χ1v) is 7.53. The average Bonchev–Trinajstić information content (AvgIpc) is 2.76. The number of hydrogen-bond donors (Lipinski definition) is 0. The summed E-state index contributed by atoms with van der Waals surface area (Å²) in [6.45, 7) is 2.78. The highest BCUT2D eigenvalue weighted by molar-refractivity contribution is 9.09. The minimum atomic E-state index is 0.405. The Kier molecular flexibility index (Phi) is 5.22. The number of fused-ring (bicyclic) bond motifs is 1. The average molecular weight is 312 g/mol. The van der Waals surface area contributed by atoms with Crippen LogP contribution in [0.1, 0.15) is 23.1 Å². The fourth-order valence-electron chi connectivity index (χ4n) is 2.67. The zero-order valence-electron chi connectivity index (χ0n) is 11.3. The van der Waals surface area contributed by atoms with E-state index in [9.17, 15) is 0 Å². The molecule has 1 unspecified atom stereocenters. The fraction of sp³-hybridized carbons (Fsp3) is 0.600. The van der Waals surface area contributed by atoms with Gasteiger partial charge in [-0.15, -0.1) is 0 Å². The molecular weight excluding hydrogens is 290 g/mol. The van der Waals surface area contributed by atoms with Gasteiger partial charge in [0.25, 0.3) is 0 Å². The number of nitrogens with zero attached hydrogens (tertiary/aromatic N) is 1. The van der Waals surface area contributed by atoms with E-state index in [-0.39, 0.29) is 0 Å². The number of benzene rings is 1. The summed E-state index contributed by atoms with van der Waals surface area (Å²) in [6, 6.07) is 6.98. The number of hydrogen-bond acceptors (Lipinski definition) is 2. The second kappa shape index (κ2) is 6.69. The van der Waals surface area contributed by atoms with Gasteiger partial charge in [0.05, 0.1) is 11.4 Å². The summed E-state index contributed by atoms with van der Waals surface area (Å²) in [5.41, 5.74) is 4.54. The van der Waals surface area contributed by atoms with Crippen LogP contribution in [-0.2, 0) is 24.1 Å². The van der Waals surface area contributed by atoms with Gasteiger partial charge >= 0.3 is 0 Å². The highest BCUT2D eigenvalue weighted by Gasteiger charge is 2.12. The molecule has 0 N–H and O–H groups in total. The Morgan fingerprint density at radius 2 is 2.11 bits per heavy atom. The summed E-state index contributed by atoms with van der Waals surface area (Å²) in [4.78, 5) is 2.75. The van der Waals surface area contributed by atoms with E-state index >= 15 is 0 Å². The number of aryl methyl sites for hydroxylation is 2. The topological polar surface area (TPSA) is 12.5 Å². The quantitative estimate of drug-likeness (QED) is 0.749. The molecule has 1 aromatic rings. The maximum Gasteiger partial charge on any atom is 0.0600 e. The van der Waals surface area contributed by atoms with Gasteiger partial charge < -0.3 is 9.64 Å². The van der Waals surface area contributed by atoms with Crippen LogP contribution < -0.4 is 0 Å². The van der Waals surface area contributed by atoms with E-state index in [2.05, 4.69) is 46.1 Å². The molecule has 0 aliphatic heterocycles. The number of ether oxygens (including phenoxy) is 1. The van der Waals surface area contributed by atoms with Gasteiger partial charge in [-0.3, -0.25) is 0 Å². The molecule has 0 saturated carbocycles. The van der Waals surface area contributed by atoms with Gasteiger partial charge in [0.15, 0.2) is 0 Å². The standard InChI is InChI=1S/C15H22BrNO/c1-17(10-15(16)11-18-2)9-12-6-7-13-4-3-5-14(13)8-12/h6-8,15H,3-5,9-11H2,1-2H3. The van der Waals surface area contributed by atoms with Gasteiger partial charge in [-0.2, -0.15) is 0 Å². The largest absolute Gasteiger partial charge is 0.383 e. The lowest BCUT2D eigenvalue weighted by atomic mass is 10.1. The Hall–Kier alpha value is -0.380. The number of halogens is 1. The van der Waals surface area contributed by atoms with Crippen molar-refractivity contribution in [2.24, 2.45) is 0 Å². The molecule has 0 radical (unpaired) electrons. The summed E-state index contributed by atoms with van der Waals surface area (Å²) in [7, 11) is 3.91. The van der Waals surface area contributed by atoms with E-state index in [4.69, 9.17) is 4.74 Å². The molecule has 1 atom stereocenters. The summed E-state index contributed by atoms with van der Waals surface area (Å²) >= 11 is 3.64. The SMILES string of the molecule is COCC(Br)CN(C)Cc1ccc2c(c1)CCC2. The predicted molar refractivity (Wildman–Crippen MR) is 79.4 cm³/mol. The molecule has 1 aliphatic rings. The molecule has 0 fully saturated rings. The smallest absolute Gasteiger partial charge is 0.0600 e. The molecule has 3 heteroatoms. The lowest BCUT2D eigenvalue weighted by Crippen LogP contribution is -2.28. The van der Waals surface area contributed by atoms with Crippen molar-refractivity contribution in [3.63, 3.8) is 0 Å². The zero-order chi connectivity index (χ0) is 13.0. The van der Waals surface area contributed by atoms with E-state index in [1.165, 1.54) is 24.8 Å². The monoisotopic (exact) mass is 311 g/mol. The predicted octanol–water partition coefficient (Wildman–Crippen LogP) is 3.02. The van der Waals surface area contributed by atoms with Crippen molar-refractivity contribution in [3.05, 3.63) is 34.9 Å². The Balaban J connectivity index is 1.89. The van der Waals surface area contributed by atoms with Crippen LogP contribution in [0.5, 0.6) is 0 Å². The lowest BCUT2D eigenvalue weighted by molar-refractivity contribution is 0.185. The van der Waals surface area contributed by atoms with Crippen LogP contribution in [0.4, 0.5) is 0 Å². The molecular formula is C15H22BrNO. The molecule has 18 heavy (non-hydrogen) atoms. The normalized spacial score (nSPS) is 16.0. The van der Waals surface area contributed by atoms with E-state index in [1.807, 2.05) is 0 Å². The first kappa shape index (κ1) is 14.0. The molecule has 2 rings (SSSR count). The number of methoxy groups -OCH3 is 1. The van der Waals surface area contributed by atoms with Crippen molar-refractivity contribution in [2.75, 3.05) is 27.3 Å². The molecule has 2 nitrogen and oxygen atoms in total. The first-order valence-electron chi connectivity index (χ1n) is 6.61. The van der Waals surface area contributed by atoms with Crippen LogP contribution >= 0.6 is 15.9 Å². The Bertz CT molecular complexity index is 394. The van der Waals surface area contributed by atoms with E-state index in [1.54, 1.807) is 18.2 Å². The van der Waals surface area contributed by atoms with Gasteiger partial charge in [-0.1, -0.05) is 34.1 Å². The Morgan fingerprint density at radius 3 is 2.89 bits per heavy atom. The molecule has 0 spiro atoms. The van der Waals surface area contributed by atoms with Crippen molar-refractivity contribution in [1.29, 1.82) is 0 Å². The molecule has 0 aromatic heterocycles. The highest BCUT2D eigenvalue weighted by Crippen LogP contribution is 2.23. The van der Waals surface area contributed by atoms with Gasteiger partial charge in [-0.05, 0) is 43.0 Å². The van der Waals surface area contributed by atoms with E-state index in [0.29, 0.717) is 4.83 Å². The molecule has 1 aromatic carbocycles. The Morgan fingerprint density at radius 1 is 1.33 bits per heavy atom. The van der Waals surface area contributed by atoms with Crippen LogP contribution in [0.2, 0.25) is 0 Å². The highest BCUT2D eigenvalue weighted by atomic mass is 79.9. The van der Waals surface area contributed by atoms with Gasteiger partial charge in [0.2, 0.25) is 0 Å². The summed E-state index contributed by atoms with van der Waals surface area (Å²) in [5.74, 6) is 0. The van der Waals surface area contributed by atoms with Gasteiger partial charge in [0.1, 0.15) is 0 Å². The van der Waals surface area contributed by atoms with Crippen molar-refractivity contribution in [3.8, 4) is 0 Å². The zero-order valence-corrected chi connectivity index (χ0v) is 12.9. The fourth-order valence-corrected chi connectivity index (χ4v) is 3.43. The molecule has 0 bridgehead atoms. The Labute approximate surface area is 118 Å². The maximum absolute atomic E-state index is 5.14. The van der Waals surface area contributed by atoms with Gasteiger partial charge in [0, 0.05) is 20.2 Å². The van der Waals surface area contributed by atoms with Crippen LogP contribution in [0.25, 0.3) is 0 Å². The van der Waals surface area contributed by atoms with Crippen LogP contribution in [0.3, 0.4) is 0 Å². The second-order valence-corrected chi connectivity index (χ2v) is 6.50. The third-order valence-electron chi connectivity index (χ3n) is 3.47. The van der Waals surface area contributed by atoms with Crippen molar-refractivity contribution >= 4 is 15.9 Å². The second-order valence-electron chi connectivity index (χ2n) is 5.21. The first-order chi connectivity index (χ1) is 8.69. The molecule has 0 heterocycles. The summed E-state index contributed by atoms with van der Waals surface area (Å²) < 4.78 is 5.14. The molecule has 1 aliphatic carbocycles. The van der Waals surface area contributed by atoms with E-state index in [0.717, 1.165) is 19.7 Å². The van der Waals surface area contributed by atoms with Crippen LogP contribution in [0, 0.1) is 0 Å². The lowest BCUT2D eigenvalue weighted by Gasteiger charge is -2.20. The number of rotatable bonds is 6. The van der Waals surface area contributed by atoms with Crippen molar-refractivity contribution < 1.29 is 4.74 Å². The van der Waals surface area contributed by atoms with Crippen molar-refractivity contribution in [2.45, 2.75) is 30.6 Å². The van der Waals surface area contributed by atoms with Crippen molar-refractivity contribution in [1.82, 2.24) is 4.90 Å². The van der Waals surface area contributed by atoms with Crippen LogP contribution in [-0.4, -0.2) is 37.0 Å². The van der Waals surface area contributed by atoms with E-state index < -0.39 is 0 Å².